The summed E-state index contributed by atoms with van der Waals surface area (Å²) in [6.07, 6.45) is 7.51. The first-order valence-corrected chi connectivity index (χ1v) is 7.46. The summed E-state index contributed by atoms with van der Waals surface area (Å²) in [5.41, 5.74) is 0. The lowest BCUT2D eigenvalue weighted by Gasteiger charge is -2.47. The van der Waals surface area contributed by atoms with E-state index in [1.807, 2.05) is 0 Å². The molecule has 1 heterocycles. The van der Waals surface area contributed by atoms with Gasteiger partial charge in [-0.3, -0.25) is 14.6 Å². The van der Waals surface area contributed by atoms with E-state index in [2.05, 4.69) is 9.80 Å². The second kappa shape index (κ2) is 5.17. The van der Waals surface area contributed by atoms with Crippen LogP contribution in [0.15, 0.2) is 0 Å². The molecule has 0 aromatic carbocycles. The predicted octanol–water partition coefficient (Wildman–Crippen LogP) is 1.41. The van der Waals surface area contributed by atoms with E-state index in [0.29, 0.717) is 6.04 Å². The lowest BCUT2D eigenvalue weighted by molar-refractivity contribution is -0.149. The Balaban J connectivity index is 1.49. The summed E-state index contributed by atoms with van der Waals surface area (Å²) >= 11 is 0. The highest BCUT2D eigenvalue weighted by Crippen LogP contribution is 2.33. The molecule has 2 saturated carbocycles. The van der Waals surface area contributed by atoms with Crippen LogP contribution in [0.2, 0.25) is 0 Å². The Kier molecular flexibility index (Phi) is 3.57. The van der Waals surface area contributed by atoms with E-state index in [9.17, 15) is 4.79 Å². The molecular formula is C14H24N2O2. The Hall–Kier alpha value is -0.610. The van der Waals surface area contributed by atoms with Crippen molar-refractivity contribution in [3.63, 3.8) is 0 Å². The van der Waals surface area contributed by atoms with Crippen molar-refractivity contribution >= 4 is 5.97 Å². The average molecular weight is 252 g/mol. The van der Waals surface area contributed by atoms with Crippen LogP contribution in [0, 0.1) is 5.92 Å². The van der Waals surface area contributed by atoms with Gasteiger partial charge >= 0.3 is 5.97 Å². The van der Waals surface area contributed by atoms with E-state index in [0.717, 1.165) is 45.1 Å². The maximum atomic E-state index is 11.1. The van der Waals surface area contributed by atoms with E-state index in [-0.39, 0.29) is 5.92 Å². The molecule has 18 heavy (non-hydrogen) atoms. The third-order valence-corrected chi connectivity index (χ3v) is 5.21. The highest BCUT2D eigenvalue weighted by atomic mass is 16.4. The van der Waals surface area contributed by atoms with Crippen molar-refractivity contribution in [2.75, 3.05) is 26.2 Å². The minimum Gasteiger partial charge on any atom is -0.481 e. The molecule has 0 spiro atoms. The third-order valence-electron chi connectivity index (χ3n) is 5.21. The van der Waals surface area contributed by atoms with Gasteiger partial charge in [0.1, 0.15) is 0 Å². The molecule has 1 N–H and O–H groups in total. The lowest BCUT2D eigenvalue weighted by Crippen LogP contribution is -2.58. The number of hydrogen-bond acceptors (Lipinski definition) is 3. The van der Waals surface area contributed by atoms with Crippen LogP contribution in [0.25, 0.3) is 0 Å². The topological polar surface area (TPSA) is 43.8 Å². The first-order chi connectivity index (χ1) is 8.75. The molecule has 3 aliphatic rings. The number of carboxylic acids is 1. The van der Waals surface area contributed by atoms with Crippen molar-refractivity contribution in [1.29, 1.82) is 0 Å². The predicted molar refractivity (Wildman–Crippen MR) is 69.5 cm³/mol. The fourth-order valence-electron chi connectivity index (χ4n) is 3.91. The highest BCUT2D eigenvalue weighted by Gasteiger charge is 2.41. The van der Waals surface area contributed by atoms with E-state index in [1.54, 1.807) is 0 Å². The number of piperazine rings is 1. The Bertz CT molecular complexity index is 307. The van der Waals surface area contributed by atoms with Gasteiger partial charge in [-0.2, -0.15) is 0 Å². The number of hydrogen-bond donors (Lipinski definition) is 1. The molecule has 2 unspecified atom stereocenters. The number of carbonyl (C=O) groups is 1. The SMILES string of the molecule is O=C(O)C1CCC1N1CCN(C2CCCC2)CC1. The van der Waals surface area contributed by atoms with Crippen molar-refractivity contribution in [3.8, 4) is 0 Å². The van der Waals surface area contributed by atoms with E-state index < -0.39 is 5.97 Å². The normalized spacial score (nSPS) is 35.6. The molecule has 102 valence electrons. The molecule has 4 heteroatoms. The van der Waals surface area contributed by atoms with E-state index in [1.165, 1.54) is 25.7 Å². The highest BCUT2D eigenvalue weighted by molar-refractivity contribution is 5.72. The van der Waals surface area contributed by atoms with Crippen LogP contribution in [-0.2, 0) is 4.79 Å². The van der Waals surface area contributed by atoms with Gasteiger partial charge in [0.05, 0.1) is 5.92 Å². The van der Waals surface area contributed by atoms with Crippen LogP contribution in [0.1, 0.15) is 38.5 Å². The molecule has 3 fully saturated rings. The molecule has 0 radical (unpaired) electrons. The monoisotopic (exact) mass is 252 g/mol. The molecule has 2 aliphatic carbocycles. The summed E-state index contributed by atoms with van der Waals surface area (Å²) in [4.78, 5) is 16.1. The fourth-order valence-corrected chi connectivity index (χ4v) is 3.91. The van der Waals surface area contributed by atoms with Gasteiger partial charge < -0.3 is 5.11 Å². The van der Waals surface area contributed by atoms with Crippen molar-refractivity contribution in [2.24, 2.45) is 5.92 Å². The number of carboxylic acid groups (broad SMARTS) is 1. The summed E-state index contributed by atoms with van der Waals surface area (Å²) in [6, 6.07) is 1.15. The molecule has 2 atom stereocenters. The Morgan fingerprint density at radius 1 is 0.889 bits per heavy atom. The molecular weight excluding hydrogens is 228 g/mol. The van der Waals surface area contributed by atoms with Gasteiger partial charge in [0, 0.05) is 38.3 Å². The van der Waals surface area contributed by atoms with Crippen molar-refractivity contribution < 1.29 is 9.90 Å². The standard InChI is InChI=1S/C14H24N2O2/c17-14(18)12-5-6-13(12)16-9-7-15(8-10-16)11-3-1-2-4-11/h11-13H,1-10H2,(H,17,18). The van der Waals surface area contributed by atoms with Gasteiger partial charge in [-0.25, -0.2) is 0 Å². The zero-order valence-electron chi connectivity index (χ0n) is 11.1. The number of rotatable bonds is 3. The lowest BCUT2D eigenvalue weighted by atomic mass is 9.78. The van der Waals surface area contributed by atoms with Crippen molar-refractivity contribution in [3.05, 3.63) is 0 Å². The first kappa shape index (κ1) is 12.4. The fraction of sp³-hybridized carbons (Fsp3) is 0.929. The maximum absolute atomic E-state index is 11.1. The van der Waals surface area contributed by atoms with Crippen LogP contribution in [-0.4, -0.2) is 59.1 Å². The smallest absolute Gasteiger partial charge is 0.308 e. The zero-order chi connectivity index (χ0) is 12.5. The quantitative estimate of drug-likeness (QED) is 0.825. The van der Waals surface area contributed by atoms with Crippen molar-refractivity contribution in [2.45, 2.75) is 50.6 Å². The summed E-state index contributed by atoms with van der Waals surface area (Å²) in [6.45, 7) is 4.44. The minimum atomic E-state index is -0.593. The Morgan fingerprint density at radius 2 is 1.50 bits per heavy atom. The number of aliphatic carboxylic acids is 1. The van der Waals surface area contributed by atoms with Gasteiger partial charge in [0.2, 0.25) is 0 Å². The second-order valence-corrected chi connectivity index (χ2v) is 6.10. The minimum absolute atomic E-state index is 0.0944. The Labute approximate surface area is 109 Å². The average Bonchev–Trinajstić information content (AvgIpc) is 2.81. The van der Waals surface area contributed by atoms with Gasteiger partial charge in [0.15, 0.2) is 0 Å². The molecule has 4 nitrogen and oxygen atoms in total. The van der Waals surface area contributed by atoms with Crippen LogP contribution in [0.3, 0.4) is 0 Å². The van der Waals surface area contributed by atoms with Gasteiger partial charge in [-0.1, -0.05) is 12.8 Å². The molecule has 0 aromatic rings. The molecule has 0 amide bonds. The van der Waals surface area contributed by atoms with Gasteiger partial charge in [-0.15, -0.1) is 0 Å². The Morgan fingerprint density at radius 3 is 2.00 bits per heavy atom. The largest absolute Gasteiger partial charge is 0.481 e. The molecule has 1 aliphatic heterocycles. The van der Waals surface area contributed by atoms with Crippen molar-refractivity contribution in [1.82, 2.24) is 9.80 Å². The zero-order valence-corrected chi connectivity index (χ0v) is 11.1. The van der Waals surface area contributed by atoms with Crippen LogP contribution in [0.5, 0.6) is 0 Å². The van der Waals surface area contributed by atoms with Gasteiger partial charge in [0.25, 0.3) is 0 Å². The van der Waals surface area contributed by atoms with Crippen LogP contribution in [0.4, 0.5) is 0 Å². The molecule has 3 rings (SSSR count). The maximum Gasteiger partial charge on any atom is 0.308 e. The molecule has 1 saturated heterocycles. The second-order valence-electron chi connectivity index (χ2n) is 6.10. The van der Waals surface area contributed by atoms with Crippen LogP contribution < -0.4 is 0 Å². The van der Waals surface area contributed by atoms with Gasteiger partial charge in [-0.05, 0) is 25.7 Å². The summed E-state index contributed by atoms with van der Waals surface area (Å²) < 4.78 is 0. The van der Waals surface area contributed by atoms with Crippen LogP contribution >= 0.6 is 0 Å². The molecule has 0 aromatic heterocycles. The third kappa shape index (κ3) is 2.28. The van der Waals surface area contributed by atoms with E-state index in [4.69, 9.17) is 5.11 Å². The summed E-state index contributed by atoms with van der Waals surface area (Å²) in [5.74, 6) is -0.687. The number of nitrogens with zero attached hydrogens (tertiary/aromatic N) is 2. The first-order valence-electron chi connectivity index (χ1n) is 7.46. The summed E-state index contributed by atoms with van der Waals surface area (Å²) in [7, 11) is 0. The van der Waals surface area contributed by atoms with E-state index >= 15 is 0 Å². The summed E-state index contributed by atoms with van der Waals surface area (Å²) in [5, 5.41) is 9.12. The molecule has 0 bridgehead atoms.